The molecule has 1 aliphatic rings. The number of aromatic nitrogens is 1. The number of hydrogen-bond acceptors (Lipinski definition) is 4. The Kier molecular flexibility index (Phi) is 4.70. The number of hydrogen-bond donors (Lipinski definition) is 2. The number of halogens is 2. The monoisotopic (exact) mass is 319 g/mol. The van der Waals surface area contributed by atoms with Gasteiger partial charge in [-0.05, 0) is 26.0 Å². The summed E-state index contributed by atoms with van der Waals surface area (Å²) in [5, 5.41) is 5.72. The van der Waals surface area contributed by atoms with E-state index in [2.05, 4.69) is 15.6 Å². The molecular formula is C12H15Cl2N3O3. The number of urea groups is 1. The first kappa shape index (κ1) is 15.3. The fourth-order valence-corrected chi connectivity index (χ4v) is 2.24. The van der Waals surface area contributed by atoms with E-state index in [1.807, 2.05) is 13.8 Å². The molecule has 1 unspecified atom stereocenters. The molecule has 6 nitrogen and oxygen atoms in total. The van der Waals surface area contributed by atoms with Crippen LogP contribution in [0.2, 0.25) is 10.3 Å². The van der Waals surface area contributed by atoms with Crippen molar-refractivity contribution >= 4 is 34.9 Å². The highest BCUT2D eigenvalue weighted by Crippen LogP contribution is 2.22. The standard InChI is InChI=1S/C12H15Cl2N3O3/c1-12(2)19-6-8(20-12)5-15-11(18)16-7-3-9(13)17-10(14)4-7/h3-4,8H,5-6H2,1-2H3,(H2,15,16,17,18). The molecule has 1 saturated heterocycles. The van der Waals surface area contributed by atoms with Crippen molar-refractivity contribution in [3.05, 3.63) is 22.4 Å². The van der Waals surface area contributed by atoms with Crippen molar-refractivity contribution in [2.45, 2.75) is 25.7 Å². The van der Waals surface area contributed by atoms with E-state index in [1.54, 1.807) is 0 Å². The van der Waals surface area contributed by atoms with E-state index in [-0.39, 0.29) is 22.4 Å². The van der Waals surface area contributed by atoms with E-state index in [9.17, 15) is 4.79 Å². The summed E-state index contributed by atoms with van der Waals surface area (Å²) in [4.78, 5) is 15.5. The van der Waals surface area contributed by atoms with Gasteiger partial charge < -0.3 is 20.1 Å². The highest BCUT2D eigenvalue weighted by molar-refractivity contribution is 6.32. The molecule has 0 bridgehead atoms. The molecule has 2 N–H and O–H groups in total. The van der Waals surface area contributed by atoms with E-state index < -0.39 is 5.79 Å². The Balaban J connectivity index is 1.81. The molecule has 1 aromatic rings. The number of amides is 2. The van der Waals surface area contributed by atoms with Gasteiger partial charge in [-0.3, -0.25) is 0 Å². The molecule has 0 aromatic carbocycles. The van der Waals surface area contributed by atoms with Crippen LogP contribution in [0.3, 0.4) is 0 Å². The van der Waals surface area contributed by atoms with Crippen molar-refractivity contribution in [1.82, 2.24) is 10.3 Å². The second kappa shape index (κ2) is 6.13. The summed E-state index contributed by atoms with van der Waals surface area (Å²) < 4.78 is 11.0. The molecule has 2 amide bonds. The molecule has 0 radical (unpaired) electrons. The van der Waals surface area contributed by atoms with Gasteiger partial charge in [0.25, 0.3) is 0 Å². The lowest BCUT2D eigenvalue weighted by molar-refractivity contribution is -0.137. The van der Waals surface area contributed by atoms with E-state index in [0.717, 1.165) is 0 Å². The second-order valence-corrected chi connectivity index (χ2v) is 5.56. The van der Waals surface area contributed by atoms with Crippen LogP contribution in [-0.4, -0.2) is 36.1 Å². The lowest BCUT2D eigenvalue weighted by Crippen LogP contribution is -2.37. The molecule has 1 aliphatic heterocycles. The summed E-state index contributed by atoms with van der Waals surface area (Å²) in [6.45, 7) is 4.45. The third-order valence-corrected chi connectivity index (χ3v) is 2.97. The molecule has 20 heavy (non-hydrogen) atoms. The fraction of sp³-hybridized carbons (Fsp3) is 0.500. The van der Waals surface area contributed by atoms with Crippen molar-refractivity contribution in [3.8, 4) is 0 Å². The summed E-state index contributed by atoms with van der Waals surface area (Å²) in [6.07, 6.45) is -0.166. The number of carbonyl (C=O) groups is 1. The molecule has 0 spiro atoms. The van der Waals surface area contributed by atoms with Gasteiger partial charge in [-0.15, -0.1) is 0 Å². The van der Waals surface area contributed by atoms with Crippen LogP contribution >= 0.6 is 23.2 Å². The number of pyridine rings is 1. The number of ether oxygens (including phenoxy) is 2. The minimum absolute atomic E-state index is 0.166. The van der Waals surface area contributed by atoms with Crippen LogP contribution in [0.1, 0.15) is 13.8 Å². The maximum absolute atomic E-state index is 11.7. The Morgan fingerprint density at radius 3 is 2.65 bits per heavy atom. The van der Waals surface area contributed by atoms with Crippen molar-refractivity contribution in [2.24, 2.45) is 0 Å². The van der Waals surface area contributed by atoms with E-state index in [4.69, 9.17) is 32.7 Å². The number of anilines is 1. The normalized spacial score (nSPS) is 20.7. The van der Waals surface area contributed by atoms with Gasteiger partial charge in [0.05, 0.1) is 6.61 Å². The first-order valence-electron chi connectivity index (χ1n) is 6.04. The molecule has 2 rings (SSSR count). The van der Waals surface area contributed by atoms with Gasteiger partial charge >= 0.3 is 6.03 Å². The van der Waals surface area contributed by atoms with Crippen LogP contribution < -0.4 is 10.6 Å². The van der Waals surface area contributed by atoms with Crippen LogP contribution in [-0.2, 0) is 9.47 Å². The third-order valence-electron chi connectivity index (χ3n) is 2.58. The van der Waals surface area contributed by atoms with Gasteiger partial charge in [0, 0.05) is 12.2 Å². The summed E-state index contributed by atoms with van der Waals surface area (Å²) in [5.41, 5.74) is 0.469. The van der Waals surface area contributed by atoms with Crippen LogP contribution in [0.15, 0.2) is 12.1 Å². The van der Waals surface area contributed by atoms with Crippen LogP contribution in [0.25, 0.3) is 0 Å². The average molecular weight is 320 g/mol. The lowest BCUT2D eigenvalue weighted by atomic mass is 10.3. The van der Waals surface area contributed by atoms with Gasteiger partial charge in [-0.25, -0.2) is 9.78 Å². The minimum Gasteiger partial charge on any atom is -0.348 e. The number of nitrogens with one attached hydrogen (secondary N) is 2. The summed E-state index contributed by atoms with van der Waals surface area (Å²) >= 11 is 11.5. The Morgan fingerprint density at radius 2 is 2.10 bits per heavy atom. The highest BCUT2D eigenvalue weighted by atomic mass is 35.5. The fourth-order valence-electron chi connectivity index (χ4n) is 1.78. The minimum atomic E-state index is -0.602. The lowest BCUT2D eigenvalue weighted by Gasteiger charge is -2.17. The quantitative estimate of drug-likeness (QED) is 0.840. The Labute approximate surface area is 126 Å². The van der Waals surface area contributed by atoms with Gasteiger partial charge in [-0.1, -0.05) is 23.2 Å². The largest absolute Gasteiger partial charge is 0.348 e. The van der Waals surface area contributed by atoms with Crippen molar-refractivity contribution < 1.29 is 14.3 Å². The maximum atomic E-state index is 11.7. The van der Waals surface area contributed by atoms with Gasteiger partial charge in [-0.2, -0.15) is 0 Å². The van der Waals surface area contributed by atoms with Crippen LogP contribution in [0.5, 0.6) is 0 Å². The molecule has 1 aromatic heterocycles. The predicted molar refractivity (Wildman–Crippen MR) is 76.2 cm³/mol. The van der Waals surface area contributed by atoms with E-state index in [1.165, 1.54) is 12.1 Å². The third kappa shape index (κ3) is 4.49. The summed E-state index contributed by atoms with van der Waals surface area (Å²) in [6, 6.07) is 2.63. The highest BCUT2D eigenvalue weighted by Gasteiger charge is 2.32. The molecule has 0 saturated carbocycles. The first-order valence-corrected chi connectivity index (χ1v) is 6.79. The molecule has 110 valence electrons. The zero-order valence-corrected chi connectivity index (χ0v) is 12.6. The zero-order valence-electron chi connectivity index (χ0n) is 11.1. The van der Waals surface area contributed by atoms with E-state index >= 15 is 0 Å². The first-order chi connectivity index (χ1) is 9.34. The van der Waals surface area contributed by atoms with Crippen molar-refractivity contribution in [1.29, 1.82) is 0 Å². The molecule has 1 atom stereocenters. The van der Waals surface area contributed by atoms with Gasteiger partial charge in [0.15, 0.2) is 5.79 Å². The predicted octanol–water partition coefficient (Wildman–Crippen LogP) is 2.66. The SMILES string of the molecule is CC1(C)OCC(CNC(=O)Nc2cc(Cl)nc(Cl)c2)O1. The average Bonchev–Trinajstić information content (AvgIpc) is 2.65. The Hall–Kier alpha value is -1.08. The number of carbonyl (C=O) groups excluding carboxylic acids is 1. The molecular weight excluding hydrogens is 305 g/mol. The molecule has 1 fully saturated rings. The molecule has 8 heteroatoms. The summed E-state index contributed by atoms with van der Waals surface area (Å²) in [5.74, 6) is -0.602. The topological polar surface area (TPSA) is 72.5 Å². The van der Waals surface area contributed by atoms with Crippen LogP contribution in [0.4, 0.5) is 10.5 Å². The molecule has 0 aliphatic carbocycles. The van der Waals surface area contributed by atoms with Crippen molar-refractivity contribution in [3.63, 3.8) is 0 Å². The maximum Gasteiger partial charge on any atom is 0.319 e. The smallest absolute Gasteiger partial charge is 0.319 e. The van der Waals surface area contributed by atoms with Gasteiger partial charge in [0.2, 0.25) is 0 Å². The Bertz CT molecular complexity index is 490. The number of nitrogens with zero attached hydrogens (tertiary/aromatic N) is 1. The number of rotatable bonds is 3. The Morgan fingerprint density at radius 1 is 1.45 bits per heavy atom. The van der Waals surface area contributed by atoms with E-state index in [0.29, 0.717) is 18.8 Å². The second-order valence-electron chi connectivity index (χ2n) is 4.79. The van der Waals surface area contributed by atoms with Crippen LogP contribution in [0, 0.1) is 0 Å². The van der Waals surface area contributed by atoms with Gasteiger partial charge in [0.1, 0.15) is 16.4 Å². The van der Waals surface area contributed by atoms with Crippen molar-refractivity contribution in [2.75, 3.05) is 18.5 Å². The zero-order chi connectivity index (χ0) is 14.8. The molecule has 2 heterocycles. The summed E-state index contributed by atoms with van der Waals surface area (Å²) in [7, 11) is 0.